The fourth-order valence-electron chi connectivity index (χ4n) is 2.63. The van der Waals surface area contributed by atoms with Gasteiger partial charge in [0.25, 0.3) is 0 Å². The summed E-state index contributed by atoms with van der Waals surface area (Å²) in [7, 11) is 0. The highest BCUT2D eigenvalue weighted by atomic mass is 32.1. The molecule has 1 aliphatic rings. The molecule has 0 amide bonds. The predicted octanol–water partition coefficient (Wildman–Crippen LogP) is 2.72. The summed E-state index contributed by atoms with van der Waals surface area (Å²) in [5.74, 6) is -0.652. The highest BCUT2D eigenvalue weighted by Gasteiger charge is 2.29. The summed E-state index contributed by atoms with van der Waals surface area (Å²) < 4.78 is 0. The molecule has 0 bridgehead atoms. The van der Waals surface area contributed by atoms with Crippen molar-refractivity contribution in [1.29, 1.82) is 0 Å². The molecule has 1 aromatic carbocycles. The molecule has 98 valence electrons. The van der Waals surface area contributed by atoms with Gasteiger partial charge in [-0.3, -0.25) is 9.78 Å². The zero-order valence-corrected chi connectivity index (χ0v) is 11.1. The molecule has 2 heterocycles. The summed E-state index contributed by atoms with van der Waals surface area (Å²) in [4.78, 5) is 18.5. The molecular weight excluding hydrogens is 260 g/mol. The van der Waals surface area contributed by atoms with Gasteiger partial charge in [0.2, 0.25) is 0 Å². The largest absolute Gasteiger partial charge is 0.481 e. The average Bonchev–Trinajstić information content (AvgIpc) is 2.99. The monoisotopic (exact) mass is 274 g/mol. The summed E-state index contributed by atoms with van der Waals surface area (Å²) in [6.45, 7) is 1.57. The van der Waals surface area contributed by atoms with E-state index in [0.717, 1.165) is 24.3 Å². The van der Waals surface area contributed by atoms with Gasteiger partial charge in [0.1, 0.15) is 0 Å². The number of para-hydroxylation sites is 1. The third-order valence-electron chi connectivity index (χ3n) is 3.41. The maximum absolute atomic E-state index is 11.0. The number of nitrogens with zero attached hydrogens (tertiary/aromatic N) is 2. The number of carbonyl (C=O) groups is 1. The van der Waals surface area contributed by atoms with Crippen molar-refractivity contribution in [2.24, 2.45) is 0 Å². The molecule has 0 spiro atoms. The number of fused-ring (bicyclic) bond motifs is 1. The van der Waals surface area contributed by atoms with Crippen molar-refractivity contribution in [1.82, 2.24) is 4.98 Å². The molecule has 4 nitrogen and oxygen atoms in total. The molecule has 2 aromatic rings. The summed E-state index contributed by atoms with van der Waals surface area (Å²) >= 11 is 1.63. The van der Waals surface area contributed by atoms with Gasteiger partial charge in [-0.25, -0.2) is 0 Å². The maximum atomic E-state index is 11.0. The van der Waals surface area contributed by atoms with Crippen molar-refractivity contribution in [3.63, 3.8) is 0 Å². The number of hydrogen-bond donors (Lipinski definition) is 1. The van der Waals surface area contributed by atoms with Crippen LogP contribution in [0.2, 0.25) is 0 Å². The molecule has 0 saturated carbocycles. The second kappa shape index (κ2) is 5.01. The summed E-state index contributed by atoms with van der Waals surface area (Å²) in [6, 6.07) is 8.08. The van der Waals surface area contributed by atoms with E-state index in [2.05, 4.69) is 16.0 Å². The smallest absolute Gasteiger partial charge is 0.304 e. The number of aromatic nitrogens is 1. The van der Waals surface area contributed by atoms with Gasteiger partial charge in [-0.15, -0.1) is 11.3 Å². The first-order valence-corrected chi connectivity index (χ1v) is 7.05. The van der Waals surface area contributed by atoms with Gasteiger partial charge in [0, 0.05) is 29.2 Å². The minimum absolute atomic E-state index is 0.0848. The number of anilines is 1. The summed E-state index contributed by atoms with van der Waals surface area (Å²) in [6.07, 6.45) is 2.06. The molecule has 1 N–H and O–H groups in total. The third-order valence-corrected chi connectivity index (χ3v) is 4.17. The average molecular weight is 274 g/mol. The summed E-state index contributed by atoms with van der Waals surface area (Å²) in [5.41, 5.74) is 4.13. The van der Waals surface area contributed by atoms with Gasteiger partial charge < -0.3 is 10.0 Å². The number of rotatable bonds is 4. The highest BCUT2D eigenvalue weighted by Crippen LogP contribution is 2.38. The number of aliphatic carboxylic acids is 1. The van der Waals surface area contributed by atoms with Crippen molar-refractivity contribution >= 4 is 23.0 Å². The second-order valence-electron chi connectivity index (χ2n) is 4.70. The van der Waals surface area contributed by atoms with Crippen molar-refractivity contribution in [3.05, 3.63) is 46.4 Å². The van der Waals surface area contributed by atoms with Gasteiger partial charge in [0.15, 0.2) is 0 Å². The van der Waals surface area contributed by atoms with Crippen LogP contribution in [-0.2, 0) is 11.3 Å². The van der Waals surface area contributed by atoms with E-state index in [-0.39, 0.29) is 12.3 Å². The normalized spacial score (nSPS) is 17.5. The first-order valence-electron chi connectivity index (χ1n) is 6.17. The van der Waals surface area contributed by atoms with E-state index in [0.29, 0.717) is 0 Å². The zero-order valence-electron chi connectivity index (χ0n) is 10.3. The lowest BCUT2D eigenvalue weighted by atomic mass is 9.98. The van der Waals surface area contributed by atoms with E-state index in [9.17, 15) is 4.79 Å². The molecule has 5 heteroatoms. The molecule has 0 fully saturated rings. The van der Waals surface area contributed by atoms with Crippen LogP contribution in [0.5, 0.6) is 0 Å². The van der Waals surface area contributed by atoms with E-state index in [4.69, 9.17) is 5.11 Å². The van der Waals surface area contributed by atoms with Crippen LogP contribution in [0.25, 0.3) is 0 Å². The molecule has 3 rings (SSSR count). The van der Waals surface area contributed by atoms with E-state index >= 15 is 0 Å². The third kappa shape index (κ3) is 2.46. The molecule has 0 aliphatic carbocycles. The molecule has 19 heavy (non-hydrogen) atoms. The molecule has 0 radical (unpaired) electrons. The van der Waals surface area contributed by atoms with Crippen LogP contribution < -0.4 is 4.90 Å². The quantitative estimate of drug-likeness (QED) is 0.931. The number of hydrogen-bond acceptors (Lipinski definition) is 4. The lowest BCUT2D eigenvalue weighted by molar-refractivity contribution is -0.137. The molecular formula is C14H14N2O2S. The van der Waals surface area contributed by atoms with E-state index < -0.39 is 5.97 Å². The highest BCUT2D eigenvalue weighted by molar-refractivity contribution is 7.09. The zero-order chi connectivity index (χ0) is 13.2. The Morgan fingerprint density at radius 2 is 2.32 bits per heavy atom. The van der Waals surface area contributed by atoms with Crippen molar-refractivity contribution in [3.8, 4) is 0 Å². The number of thiazole rings is 1. The Morgan fingerprint density at radius 3 is 3.05 bits per heavy atom. The molecule has 1 aliphatic heterocycles. The first-order chi connectivity index (χ1) is 9.24. The van der Waals surface area contributed by atoms with Crippen LogP contribution in [0.3, 0.4) is 0 Å². The maximum Gasteiger partial charge on any atom is 0.304 e. The lowest BCUT2D eigenvalue weighted by Gasteiger charge is -2.18. The van der Waals surface area contributed by atoms with Crippen LogP contribution in [0.4, 0.5) is 5.69 Å². The van der Waals surface area contributed by atoms with E-state index in [1.165, 1.54) is 4.88 Å². The van der Waals surface area contributed by atoms with E-state index in [1.807, 2.05) is 29.9 Å². The topological polar surface area (TPSA) is 53.4 Å². The van der Waals surface area contributed by atoms with Crippen molar-refractivity contribution < 1.29 is 9.90 Å². The van der Waals surface area contributed by atoms with Crippen LogP contribution in [0.1, 0.15) is 22.8 Å². The molecule has 1 atom stereocenters. The Labute approximate surface area is 115 Å². The Bertz CT molecular complexity index is 583. The first kappa shape index (κ1) is 12.2. The molecule has 1 aromatic heterocycles. The van der Waals surface area contributed by atoms with Crippen LogP contribution in [0.15, 0.2) is 36.0 Å². The lowest BCUT2D eigenvalue weighted by Crippen LogP contribution is -2.21. The van der Waals surface area contributed by atoms with Gasteiger partial charge in [-0.1, -0.05) is 18.2 Å². The van der Waals surface area contributed by atoms with Gasteiger partial charge in [-0.05, 0) is 11.6 Å². The molecule has 0 saturated heterocycles. The fraction of sp³-hybridized carbons (Fsp3) is 0.286. The Balaban J connectivity index is 1.86. The van der Waals surface area contributed by atoms with Crippen LogP contribution >= 0.6 is 11.3 Å². The van der Waals surface area contributed by atoms with Gasteiger partial charge >= 0.3 is 5.97 Å². The standard InChI is InChI=1S/C14H14N2O2S/c17-14(18)5-10-7-16(8-11-6-15-9-19-11)13-4-2-1-3-12(10)13/h1-4,6,9-10H,5,7-8H2,(H,17,18). The fourth-order valence-corrected chi connectivity index (χ4v) is 3.24. The van der Waals surface area contributed by atoms with Crippen molar-refractivity contribution in [2.75, 3.05) is 11.4 Å². The van der Waals surface area contributed by atoms with Gasteiger partial charge in [-0.2, -0.15) is 0 Å². The Kier molecular flexibility index (Phi) is 3.21. The second-order valence-corrected chi connectivity index (χ2v) is 5.67. The van der Waals surface area contributed by atoms with Crippen molar-refractivity contribution in [2.45, 2.75) is 18.9 Å². The Hall–Kier alpha value is -1.88. The van der Waals surface area contributed by atoms with Crippen LogP contribution in [-0.4, -0.2) is 22.6 Å². The number of benzene rings is 1. The number of carboxylic acids is 1. The molecule has 1 unspecified atom stereocenters. The summed E-state index contributed by atoms with van der Waals surface area (Å²) in [5, 5.41) is 9.02. The minimum Gasteiger partial charge on any atom is -0.481 e. The number of carboxylic acid groups (broad SMARTS) is 1. The Morgan fingerprint density at radius 1 is 1.47 bits per heavy atom. The van der Waals surface area contributed by atoms with E-state index in [1.54, 1.807) is 11.3 Å². The SMILES string of the molecule is O=C(O)CC1CN(Cc2cncs2)c2ccccc21. The van der Waals surface area contributed by atoms with Crippen LogP contribution in [0, 0.1) is 0 Å². The van der Waals surface area contributed by atoms with Gasteiger partial charge in [0.05, 0.1) is 18.5 Å². The predicted molar refractivity (Wildman–Crippen MR) is 74.6 cm³/mol. The minimum atomic E-state index is -0.737.